The maximum Gasteiger partial charge on any atom is 0.340 e. The number of sulfone groups is 1. The number of esters is 1. The summed E-state index contributed by atoms with van der Waals surface area (Å²) >= 11 is 0. The van der Waals surface area contributed by atoms with E-state index in [1.165, 1.54) is 19.1 Å². The van der Waals surface area contributed by atoms with Crippen LogP contribution in [0, 0.1) is 6.92 Å². The largest absolute Gasteiger partial charge is 0.462 e. The number of anilines is 1. The normalized spacial score (nSPS) is 12.2. The second-order valence-corrected chi connectivity index (χ2v) is 8.04. The van der Waals surface area contributed by atoms with E-state index in [1.54, 1.807) is 49.4 Å². The van der Waals surface area contributed by atoms with Gasteiger partial charge in [0.15, 0.2) is 0 Å². The minimum Gasteiger partial charge on any atom is -0.462 e. The van der Waals surface area contributed by atoms with E-state index in [2.05, 4.69) is 15.8 Å². The number of carbonyl (C=O) groups is 2. The van der Waals surface area contributed by atoms with Crippen LogP contribution in [0.2, 0.25) is 0 Å². The summed E-state index contributed by atoms with van der Waals surface area (Å²) in [5.74, 6) is -0.861. The van der Waals surface area contributed by atoms with Gasteiger partial charge in [-0.1, -0.05) is 35.9 Å². The van der Waals surface area contributed by atoms with Gasteiger partial charge in [-0.3, -0.25) is 0 Å². The summed E-state index contributed by atoms with van der Waals surface area (Å²) in [6.07, 6.45) is 0. The van der Waals surface area contributed by atoms with Crippen molar-refractivity contribution in [3.8, 4) is 0 Å². The molecular weight excluding hydrogens is 406 g/mol. The Hall–Kier alpha value is -3.46. The fourth-order valence-electron chi connectivity index (χ4n) is 2.32. The Labute approximate surface area is 175 Å². The van der Waals surface area contributed by atoms with Gasteiger partial charge >= 0.3 is 12.0 Å². The zero-order chi connectivity index (χ0) is 22.1. The van der Waals surface area contributed by atoms with E-state index in [-0.39, 0.29) is 22.8 Å². The lowest BCUT2D eigenvalue weighted by Crippen LogP contribution is -2.26. The Morgan fingerprint density at radius 2 is 1.70 bits per heavy atom. The summed E-state index contributed by atoms with van der Waals surface area (Å²) in [5, 5.41) is 7.19. The molecule has 2 N–H and O–H groups in total. The molecule has 0 aliphatic rings. The predicted molar refractivity (Wildman–Crippen MR) is 115 cm³/mol. The highest BCUT2D eigenvalue weighted by molar-refractivity contribution is 7.94. The molecular formula is C21H23N3O5S. The first-order chi connectivity index (χ1) is 14.2. The van der Waals surface area contributed by atoms with E-state index in [1.807, 2.05) is 6.92 Å². The SMILES string of the molecule is CCOC(=O)C(=C/S(=O)(=O)c1ccc(C)cc1)/C(C)=N/NC(=O)Nc1ccccc1. The first-order valence-electron chi connectivity index (χ1n) is 9.10. The molecule has 0 unspecified atom stereocenters. The molecule has 2 aromatic rings. The number of nitrogens with zero attached hydrogens (tertiary/aromatic N) is 1. The molecule has 0 aliphatic carbocycles. The van der Waals surface area contributed by atoms with Gasteiger partial charge in [-0.05, 0) is 45.0 Å². The van der Waals surface area contributed by atoms with Gasteiger partial charge in [0.05, 0.1) is 28.2 Å². The molecule has 0 atom stereocenters. The summed E-state index contributed by atoms with van der Waals surface area (Å²) < 4.78 is 30.4. The second-order valence-electron chi connectivity index (χ2n) is 6.24. The Morgan fingerprint density at radius 1 is 1.07 bits per heavy atom. The van der Waals surface area contributed by atoms with Gasteiger partial charge in [0, 0.05) is 5.69 Å². The van der Waals surface area contributed by atoms with Crippen LogP contribution in [0.25, 0.3) is 0 Å². The summed E-state index contributed by atoms with van der Waals surface area (Å²) in [5.41, 5.74) is 3.38. The monoisotopic (exact) mass is 429 g/mol. The molecule has 2 rings (SSSR count). The van der Waals surface area contributed by atoms with Gasteiger partial charge in [0.1, 0.15) is 0 Å². The van der Waals surface area contributed by atoms with Crippen molar-refractivity contribution in [2.24, 2.45) is 5.10 Å². The van der Waals surface area contributed by atoms with Crippen molar-refractivity contribution in [1.82, 2.24) is 5.43 Å². The zero-order valence-electron chi connectivity index (χ0n) is 16.9. The van der Waals surface area contributed by atoms with Gasteiger partial charge in [-0.25, -0.2) is 23.4 Å². The highest BCUT2D eigenvalue weighted by atomic mass is 32.2. The van der Waals surface area contributed by atoms with Crippen LogP contribution in [-0.2, 0) is 19.4 Å². The lowest BCUT2D eigenvalue weighted by molar-refractivity contribution is -0.137. The third kappa shape index (κ3) is 6.56. The van der Waals surface area contributed by atoms with Gasteiger partial charge in [0.2, 0.25) is 9.84 Å². The number of aryl methyl sites for hydroxylation is 1. The molecule has 0 bridgehead atoms. The van der Waals surface area contributed by atoms with Gasteiger partial charge < -0.3 is 10.1 Å². The molecule has 2 aromatic carbocycles. The number of nitrogens with one attached hydrogen (secondary N) is 2. The van der Waals surface area contributed by atoms with Crippen LogP contribution < -0.4 is 10.7 Å². The minimum absolute atomic E-state index is 0.0210. The Balaban J connectivity index is 2.27. The van der Waals surface area contributed by atoms with Crippen molar-refractivity contribution in [3.63, 3.8) is 0 Å². The third-order valence-corrected chi connectivity index (χ3v) is 5.34. The van der Waals surface area contributed by atoms with Crippen LogP contribution in [0.1, 0.15) is 19.4 Å². The number of ether oxygens (including phenoxy) is 1. The van der Waals surface area contributed by atoms with Crippen LogP contribution in [0.3, 0.4) is 0 Å². The Kier molecular flexibility index (Phi) is 7.88. The molecule has 0 fully saturated rings. The first-order valence-corrected chi connectivity index (χ1v) is 10.6. The fraction of sp³-hybridized carbons (Fsp3) is 0.190. The lowest BCUT2D eigenvalue weighted by Gasteiger charge is -2.09. The van der Waals surface area contributed by atoms with Crippen molar-refractivity contribution in [1.29, 1.82) is 0 Å². The number of urea groups is 1. The topological polar surface area (TPSA) is 114 Å². The summed E-state index contributed by atoms with van der Waals surface area (Å²) in [4.78, 5) is 24.3. The van der Waals surface area contributed by atoms with E-state index in [4.69, 9.17) is 4.74 Å². The third-order valence-electron chi connectivity index (χ3n) is 3.86. The van der Waals surface area contributed by atoms with Crippen LogP contribution in [-0.4, -0.2) is 32.7 Å². The van der Waals surface area contributed by atoms with Gasteiger partial charge in [-0.2, -0.15) is 5.10 Å². The van der Waals surface area contributed by atoms with Crippen LogP contribution in [0.4, 0.5) is 10.5 Å². The number of hydrogen-bond acceptors (Lipinski definition) is 6. The molecule has 2 amide bonds. The molecule has 158 valence electrons. The number of benzene rings is 2. The first kappa shape index (κ1) is 22.8. The molecule has 0 saturated heterocycles. The van der Waals surface area contributed by atoms with Crippen molar-refractivity contribution in [2.45, 2.75) is 25.7 Å². The van der Waals surface area contributed by atoms with Crippen molar-refractivity contribution < 1.29 is 22.7 Å². The van der Waals surface area contributed by atoms with E-state index in [9.17, 15) is 18.0 Å². The summed E-state index contributed by atoms with van der Waals surface area (Å²) in [7, 11) is -3.94. The number of amides is 2. The molecule has 0 aromatic heterocycles. The standard InChI is InChI=1S/C21H23N3O5S/c1-4-29-20(25)19(14-30(27,28)18-12-10-15(2)11-13-18)16(3)23-24-21(26)22-17-8-6-5-7-9-17/h5-14H,4H2,1-3H3,(H2,22,24,26)/b19-14+,23-16+. The Bertz CT molecular complexity index is 1060. The Morgan fingerprint density at radius 3 is 2.30 bits per heavy atom. The molecule has 0 spiro atoms. The molecule has 0 saturated carbocycles. The van der Waals surface area contributed by atoms with Crippen LogP contribution >= 0.6 is 0 Å². The molecule has 0 radical (unpaired) electrons. The molecule has 0 aliphatic heterocycles. The number of hydrogen-bond donors (Lipinski definition) is 2. The van der Waals surface area contributed by atoms with E-state index >= 15 is 0 Å². The smallest absolute Gasteiger partial charge is 0.340 e. The average Bonchev–Trinajstić information content (AvgIpc) is 2.71. The van der Waals surface area contributed by atoms with E-state index in [0.29, 0.717) is 5.69 Å². The zero-order valence-corrected chi connectivity index (χ0v) is 17.7. The van der Waals surface area contributed by atoms with Crippen LogP contribution in [0.5, 0.6) is 0 Å². The second kappa shape index (κ2) is 10.4. The highest BCUT2D eigenvalue weighted by Gasteiger charge is 2.21. The van der Waals surface area contributed by atoms with Crippen molar-refractivity contribution in [2.75, 3.05) is 11.9 Å². The molecule has 30 heavy (non-hydrogen) atoms. The predicted octanol–water partition coefficient (Wildman–Crippen LogP) is 3.41. The van der Waals surface area contributed by atoms with Gasteiger partial charge in [0.25, 0.3) is 0 Å². The fourth-order valence-corrected chi connectivity index (χ4v) is 3.55. The lowest BCUT2D eigenvalue weighted by atomic mass is 10.2. The summed E-state index contributed by atoms with van der Waals surface area (Å²) in [6, 6.07) is 14.2. The quantitative estimate of drug-likeness (QED) is 0.303. The number of hydrazone groups is 1. The van der Waals surface area contributed by atoms with E-state index < -0.39 is 21.8 Å². The van der Waals surface area contributed by atoms with Crippen molar-refractivity contribution in [3.05, 3.63) is 71.1 Å². The van der Waals surface area contributed by atoms with Crippen molar-refractivity contribution >= 4 is 33.2 Å². The number of para-hydroxylation sites is 1. The minimum atomic E-state index is -3.94. The van der Waals surface area contributed by atoms with Crippen LogP contribution in [0.15, 0.2) is 75.6 Å². The van der Waals surface area contributed by atoms with Gasteiger partial charge in [-0.15, -0.1) is 0 Å². The molecule has 9 heteroatoms. The number of carbonyl (C=O) groups excluding carboxylic acids is 2. The molecule has 8 nitrogen and oxygen atoms in total. The molecule has 0 heterocycles. The summed E-state index contributed by atoms with van der Waals surface area (Å²) in [6.45, 7) is 4.88. The highest BCUT2D eigenvalue weighted by Crippen LogP contribution is 2.16. The maximum absolute atomic E-state index is 12.7. The van der Waals surface area contributed by atoms with E-state index in [0.717, 1.165) is 11.0 Å². The maximum atomic E-state index is 12.7. The number of rotatable bonds is 7. The average molecular weight is 429 g/mol.